The van der Waals surface area contributed by atoms with Crippen LogP contribution in [0.15, 0.2) is 146 Å². The van der Waals surface area contributed by atoms with E-state index in [0.717, 1.165) is 22.7 Å². The predicted molar refractivity (Wildman–Crippen MR) is 169 cm³/mol. The topological polar surface area (TPSA) is 43.2 Å². The molecule has 0 saturated heterocycles. The Morgan fingerprint density at radius 2 is 0.878 bits per heavy atom. The Labute approximate surface area is 240 Å². The highest BCUT2D eigenvalue weighted by atomic mass is 28.3. The van der Waals surface area contributed by atoms with Crippen molar-refractivity contribution in [2.45, 2.75) is 0 Å². The third-order valence-corrected chi connectivity index (χ3v) is 13.3. The minimum Gasteiger partial charge on any atom is -0.311 e. The second-order valence-electron chi connectivity index (χ2n) is 10.3. The van der Waals surface area contributed by atoms with Gasteiger partial charge in [-0.1, -0.05) is 91.0 Å². The highest BCUT2D eigenvalue weighted by Crippen LogP contribution is 2.43. The van der Waals surface area contributed by atoms with Crippen molar-refractivity contribution in [2.75, 3.05) is 9.80 Å². The van der Waals surface area contributed by atoms with E-state index >= 15 is 0 Å². The molecule has 0 radical (unpaired) electrons. The number of hydrogen-bond acceptors (Lipinski definition) is 4. The van der Waals surface area contributed by atoms with Crippen LogP contribution < -0.4 is 30.5 Å². The first-order chi connectivity index (χ1) is 20.3. The third-order valence-electron chi connectivity index (χ3n) is 8.34. The summed E-state index contributed by atoms with van der Waals surface area (Å²) in [5.41, 5.74) is 6.96. The first-order valence-electron chi connectivity index (χ1n) is 13.7. The molecule has 0 bridgehead atoms. The van der Waals surface area contributed by atoms with Gasteiger partial charge in [-0.05, 0) is 69.3 Å². The number of pyridine rings is 1. The van der Waals surface area contributed by atoms with Gasteiger partial charge in [-0.3, -0.25) is 0 Å². The zero-order chi connectivity index (χ0) is 27.4. The SMILES string of the molecule is N#Cc1ncccc1N1c2ccccc2[Si]2(c3ccccc3N(c3ccccc3)c3ccccc32)c2ccccc21. The van der Waals surface area contributed by atoms with Crippen molar-refractivity contribution in [3.05, 3.63) is 151 Å². The number of hydrogen-bond donors (Lipinski definition) is 0. The Morgan fingerprint density at radius 3 is 1.37 bits per heavy atom. The maximum Gasteiger partial charge on any atom is 0.188 e. The van der Waals surface area contributed by atoms with Crippen molar-refractivity contribution in [3.8, 4) is 6.07 Å². The van der Waals surface area contributed by atoms with Gasteiger partial charge >= 0.3 is 0 Å². The van der Waals surface area contributed by atoms with Crippen LogP contribution in [0, 0.1) is 11.3 Å². The molecule has 1 spiro atoms. The summed E-state index contributed by atoms with van der Waals surface area (Å²) in [4.78, 5) is 9.09. The molecule has 41 heavy (non-hydrogen) atoms. The molecule has 0 fully saturated rings. The number of fused-ring (bicyclic) bond motifs is 8. The van der Waals surface area contributed by atoms with Gasteiger partial charge in [0.25, 0.3) is 0 Å². The zero-order valence-corrected chi connectivity index (χ0v) is 23.1. The van der Waals surface area contributed by atoms with Crippen molar-refractivity contribution in [3.63, 3.8) is 0 Å². The summed E-state index contributed by atoms with van der Waals surface area (Å²) >= 11 is 0. The van der Waals surface area contributed by atoms with Crippen LogP contribution in [0.4, 0.5) is 34.1 Å². The fourth-order valence-corrected chi connectivity index (χ4v) is 12.3. The Kier molecular flexibility index (Phi) is 5.18. The maximum atomic E-state index is 10.0. The van der Waals surface area contributed by atoms with E-state index < -0.39 is 8.07 Å². The summed E-state index contributed by atoms with van der Waals surface area (Å²) in [5.74, 6) is 0. The molecule has 2 aliphatic rings. The number of nitriles is 1. The van der Waals surface area contributed by atoms with Crippen molar-refractivity contribution in [1.29, 1.82) is 5.26 Å². The van der Waals surface area contributed by atoms with E-state index in [2.05, 4.69) is 148 Å². The molecule has 6 aromatic rings. The Morgan fingerprint density at radius 1 is 0.463 bits per heavy atom. The molecule has 2 aliphatic heterocycles. The Bertz CT molecular complexity index is 1900. The molecule has 5 aromatic carbocycles. The molecule has 1 aromatic heterocycles. The van der Waals surface area contributed by atoms with Crippen LogP contribution in [0.5, 0.6) is 0 Å². The molecular formula is C36H24N4Si. The molecular weight excluding hydrogens is 517 g/mol. The van der Waals surface area contributed by atoms with Gasteiger partial charge in [0, 0.05) is 34.6 Å². The van der Waals surface area contributed by atoms with Crippen LogP contribution >= 0.6 is 0 Å². The summed E-state index contributed by atoms with van der Waals surface area (Å²) < 4.78 is 0. The van der Waals surface area contributed by atoms with Gasteiger partial charge in [0.15, 0.2) is 13.8 Å². The van der Waals surface area contributed by atoms with E-state index in [1.165, 1.54) is 32.1 Å². The highest BCUT2D eigenvalue weighted by molar-refractivity contribution is 7.23. The Balaban J connectivity index is 1.53. The van der Waals surface area contributed by atoms with Gasteiger partial charge in [0.05, 0.1) is 5.69 Å². The minimum absolute atomic E-state index is 0.411. The zero-order valence-electron chi connectivity index (χ0n) is 22.1. The standard InChI is InChI=1S/C36H24N4Si/c37-25-27-28(19-12-24-38-27)40-31-17-6-10-22-35(31)41(36-23-11-7-18-32(36)40)33-20-8-4-15-29(33)39(26-13-2-1-3-14-26)30-16-5-9-21-34(30)41/h1-24H. The van der Waals surface area contributed by atoms with E-state index in [1.807, 2.05) is 12.1 Å². The van der Waals surface area contributed by atoms with E-state index in [9.17, 15) is 5.26 Å². The average molecular weight is 541 g/mol. The lowest BCUT2D eigenvalue weighted by Crippen LogP contribution is -2.79. The molecule has 0 unspecified atom stereocenters. The van der Waals surface area contributed by atoms with E-state index in [0.29, 0.717) is 5.69 Å². The maximum absolute atomic E-state index is 10.0. The van der Waals surface area contributed by atoms with Crippen LogP contribution in [0.3, 0.4) is 0 Å². The van der Waals surface area contributed by atoms with Crippen LogP contribution in [-0.4, -0.2) is 13.1 Å². The molecule has 3 heterocycles. The van der Waals surface area contributed by atoms with Crippen molar-refractivity contribution >= 4 is 62.9 Å². The largest absolute Gasteiger partial charge is 0.311 e. The summed E-state index contributed by atoms with van der Waals surface area (Å²) in [5, 5.41) is 15.4. The van der Waals surface area contributed by atoms with Gasteiger partial charge in [-0.2, -0.15) is 5.26 Å². The molecule has 5 heteroatoms. The van der Waals surface area contributed by atoms with Crippen LogP contribution in [0.25, 0.3) is 0 Å². The molecule has 0 N–H and O–H groups in total. The number of para-hydroxylation sites is 5. The molecule has 192 valence electrons. The number of anilines is 6. The average Bonchev–Trinajstić information content (AvgIpc) is 3.05. The first-order valence-corrected chi connectivity index (χ1v) is 15.7. The predicted octanol–water partition coefficient (Wildman–Crippen LogP) is 5.90. The summed E-state index contributed by atoms with van der Waals surface area (Å²) in [6, 6.07) is 52.2. The number of benzene rings is 5. The highest BCUT2D eigenvalue weighted by Gasteiger charge is 2.53. The van der Waals surface area contributed by atoms with Gasteiger partial charge in [0.1, 0.15) is 6.07 Å². The molecule has 0 atom stereocenters. The summed E-state index contributed by atoms with van der Waals surface area (Å²) in [7, 11) is -2.82. The second-order valence-corrected chi connectivity index (χ2v) is 14.0. The lowest BCUT2D eigenvalue weighted by Gasteiger charge is -2.49. The quantitative estimate of drug-likeness (QED) is 0.256. The van der Waals surface area contributed by atoms with E-state index in [-0.39, 0.29) is 0 Å². The van der Waals surface area contributed by atoms with Crippen LogP contribution in [0.2, 0.25) is 0 Å². The smallest absolute Gasteiger partial charge is 0.188 e. The normalized spacial score (nSPS) is 13.9. The minimum atomic E-state index is -2.82. The summed E-state index contributed by atoms with van der Waals surface area (Å²) in [6.07, 6.45) is 1.69. The fraction of sp³-hybridized carbons (Fsp3) is 0. The molecule has 0 saturated carbocycles. The van der Waals surface area contributed by atoms with Gasteiger partial charge in [-0.25, -0.2) is 4.98 Å². The third kappa shape index (κ3) is 3.17. The second kappa shape index (κ2) is 9.05. The number of aromatic nitrogens is 1. The Hall–Kier alpha value is -5.44. The van der Waals surface area contributed by atoms with Crippen molar-refractivity contribution in [1.82, 2.24) is 4.98 Å². The lowest BCUT2D eigenvalue weighted by atomic mass is 10.1. The van der Waals surface area contributed by atoms with Crippen molar-refractivity contribution < 1.29 is 0 Å². The first kappa shape index (κ1) is 23.4. The van der Waals surface area contributed by atoms with E-state index in [1.54, 1.807) is 6.20 Å². The van der Waals surface area contributed by atoms with Crippen molar-refractivity contribution in [2.24, 2.45) is 0 Å². The van der Waals surface area contributed by atoms with Crippen LogP contribution in [-0.2, 0) is 0 Å². The lowest BCUT2D eigenvalue weighted by molar-refractivity contribution is 1.20. The molecule has 4 nitrogen and oxygen atoms in total. The van der Waals surface area contributed by atoms with Gasteiger partial charge in [0.2, 0.25) is 0 Å². The van der Waals surface area contributed by atoms with Gasteiger partial charge < -0.3 is 9.80 Å². The molecule has 0 amide bonds. The van der Waals surface area contributed by atoms with Crippen LogP contribution in [0.1, 0.15) is 5.69 Å². The number of rotatable bonds is 2. The monoisotopic (exact) mass is 540 g/mol. The fourth-order valence-electron chi connectivity index (χ4n) is 6.85. The number of nitrogens with zero attached hydrogens (tertiary/aromatic N) is 4. The summed E-state index contributed by atoms with van der Waals surface area (Å²) in [6.45, 7) is 0. The van der Waals surface area contributed by atoms with E-state index in [4.69, 9.17) is 0 Å². The molecule has 0 aliphatic carbocycles. The van der Waals surface area contributed by atoms with Gasteiger partial charge in [-0.15, -0.1) is 0 Å². The molecule has 8 rings (SSSR count).